The Morgan fingerprint density at radius 2 is 1.89 bits per heavy atom. The van der Waals surface area contributed by atoms with Crippen LogP contribution in [0, 0.1) is 0 Å². The van der Waals surface area contributed by atoms with Gasteiger partial charge in [0.15, 0.2) is 11.5 Å². The molecule has 46 heavy (non-hydrogen) atoms. The summed E-state index contributed by atoms with van der Waals surface area (Å²) in [5.74, 6) is -1.24. The van der Waals surface area contributed by atoms with Crippen LogP contribution in [0.3, 0.4) is 0 Å². The van der Waals surface area contributed by atoms with Crippen molar-refractivity contribution in [2.24, 2.45) is 0 Å². The molecule has 3 N–H and O–H groups in total. The molecule has 5 rings (SSSR count). The number of benzene rings is 2. The van der Waals surface area contributed by atoms with E-state index in [0.717, 1.165) is 29.3 Å². The van der Waals surface area contributed by atoms with Gasteiger partial charge in [0.05, 0.1) is 18.7 Å². The summed E-state index contributed by atoms with van der Waals surface area (Å²) in [5.41, 5.74) is 1.43. The third-order valence-electron chi connectivity index (χ3n) is 7.70. The highest BCUT2D eigenvalue weighted by Gasteiger charge is 2.36. The largest absolute Gasteiger partial charge is 0.467 e. The number of aryl methyl sites for hydroxylation is 1. The summed E-state index contributed by atoms with van der Waals surface area (Å²) in [5, 5.41) is 15.6. The van der Waals surface area contributed by atoms with Crippen LogP contribution in [0.4, 0.5) is 4.79 Å². The van der Waals surface area contributed by atoms with Crippen LogP contribution in [-0.4, -0.2) is 63.2 Å². The van der Waals surface area contributed by atoms with Gasteiger partial charge in [-0.05, 0) is 56.5 Å². The lowest BCUT2D eigenvalue weighted by Gasteiger charge is -2.25. The molecule has 0 aliphatic carbocycles. The third-order valence-corrected chi connectivity index (χ3v) is 7.70. The van der Waals surface area contributed by atoms with Gasteiger partial charge in [0.25, 0.3) is 0 Å². The van der Waals surface area contributed by atoms with Gasteiger partial charge in [-0.3, -0.25) is 4.79 Å². The number of nitrogens with one attached hydrogen (secondary N) is 2. The topological polar surface area (TPSA) is 154 Å². The Hall–Kier alpha value is -4.84. The summed E-state index contributed by atoms with van der Waals surface area (Å²) < 4.78 is 22.9. The van der Waals surface area contributed by atoms with Crippen LogP contribution in [0.15, 0.2) is 54.9 Å². The summed E-state index contributed by atoms with van der Waals surface area (Å²) in [6.45, 7) is 7.32. The molecule has 2 aromatic heterocycles. The molecule has 2 unspecified atom stereocenters. The molecule has 0 saturated heterocycles. The number of methoxy groups -OCH3 is 1. The van der Waals surface area contributed by atoms with Gasteiger partial charge in [0, 0.05) is 36.1 Å². The van der Waals surface area contributed by atoms with E-state index in [2.05, 4.69) is 15.3 Å². The van der Waals surface area contributed by atoms with Gasteiger partial charge in [-0.15, -0.1) is 0 Å². The van der Waals surface area contributed by atoms with E-state index in [-0.39, 0.29) is 18.9 Å². The number of hydrogen-bond acceptors (Lipinski definition) is 9. The maximum atomic E-state index is 14.2. The van der Waals surface area contributed by atoms with Crippen molar-refractivity contribution in [1.82, 2.24) is 19.9 Å². The maximum absolute atomic E-state index is 14.2. The van der Waals surface area contributed by atoms with E-state index >= 15 is 0 Å². The predicted molar refractivity (Wildman–Crippen MR) is 169 cm³/mol. The predicted octanol–water partition coefficient (Wildman–Crippen LogP) is 4.94. The number of carbonyl (C=O) groups is 3. The first kappa shape index (κ1) is 32.6. The Kier molecular flexibility index (Phi) is 9.66. The molecule has 1 amide bonds. The average molecular weight is 633 g/mol. The van der Waals surface area contributed by atoms with Gasteiger partial charge in [-0.25, -0.2) is 19.1 Å². The van der Waals surface area contributed by atoms with Gasteiger partial charge < -0.3 is 34.4 Å². The van der Waals surface area contributed by atoms with Crippen LogP contribution >= 0.6 is 0 Å². The first-order valence-electron chi connectivity index (χ1n) is 15.3. The summed E-state index contributed by atoms with van der Waals surface area (Å²) in [7, 11) is 1.25. The van der Waals surface area contributed by atoms with Crippen molar-refractivity contribution < 1.29 is 38.4 Å². The highest BCUT2D eigenvalue weighted by Crippen LogP contribution is 2.39. The van der Waals surface area contributed by atoms with Gasteiger partial charge in [-0.1, -0.05) is 37.6 Å². The zero-order valence-electron chi connectivity index (χ0n) is 26.7. The zero-order chi connectivity index (χ0) is 33.0. The second-order valence-electron chi connectivity index (χ2n) is 12.2. The summed E-state index contributed by atoms with van der Waals surface area (Å²) >= 11 is 0. The summed E-state index contributed by atoms with van der Waals surface area (Å²) in [4.78, 5) is 48.1. The van der Waals surface area contributed by atoms with Gasteiger partial charge in [-0.2, -0.15) is 0 Å². The molecule has 0 fully saturated rings. The number of H-pyrrole nitrogens is 1. The van der Waals surface area contributed by atoms with E-state index in [1.54, 1.807) is 45.2 Å². The molecular formula is C34H40N4O8. The minimum atomic E-state index is -1.52. The standard InChI is InChI=1S/C34H40N4O8/c1-6-7-12-28-36-25(18-38(28)33(42)46-34(2,3)4)30(39)29(20-13-14-26-27(16-20)45-19-44-26)31(40)37-24(32(41)43-5)15-21-17-35-23-11-9-8-10-22(21)23/h8-11,13-14,16-18,24,29-30,35,39H,6-7,12,15,19H2,1-5H3,(H,37,40)/t24-,29?,30?/m0/s1. The number of amides is 1. The van der Waals surface area contributed by atoms with Crippen molar-refractivity contribution in [3.63, 3.8) is 0 Å². The number of nitrogens with zero attached hydrogens (tertiary/aromatic N) is 2. The molecule has 1 aliphatic rings. The lowest BCUT2D eigenvalue weighted by molar-refractivity contribution is -0.145. The monoisotopic (exact) mass is 632 g/mol. The number of aliphatic hydroxyl groups is 1. The van der Waals surface area contributed by atoms with Crippen LogP contribution in [0.5, 0.6) is 11.5 Å². The van der Waals surface area contributed by atoms with E-state index < -0.39 is 41.6 Å². The lowest BCUT2D eigenvalue weighted by atomic mass is 9.90. The molecule has 3 heterocycles. The summed E-state index contributed by atoms with van der Waals surface area (Å²) in [6, 6.07) is 11.5. The molecule has 0 spiro atoms. The number of ether oxygens (including phenoxy) is 4. The smallest absolute Gasteiger partial charge is 0.420 e. The van der Waals surface area contributed by atoms with Crippen molar-refractivity contribution in [3.8, 4) is 11.5 Å². The Balaban J connectivity index is 1.50. The fourth-order valence-electron chi connectivity index (χ4n) is 5.43. The van der Waals surface area contributed by atoms with Crippen LogP contribution in [0.25, 0.3) is 10.9 Å². The maximum Gasteiger partial charge on any atom is 0.420 e. The molecule has 0 radical (unpaired) electrons. The summed E-state index contributed by atoms with van der Waals surface area (Å²) in [6.07, 6.45) is 3.23. The molecule has 4 aromatic rings. The van der Waals surface area contributed by atoms with Gasteiger partial charge in [0.2, 0.25) is 12.7 Å². The van der Waals surface area contributed by atoms with Crippen LogP contribution in [0.1, 0.15) is 75.2 Å². The Bertz CT molecular complexity index is 1720. The van der Waals surface area contributed by atoms with Crippen molar-refractivity contribution in [2.75, 3.05) is 13.9 Å². The Morgan fingerprint density at radius 1 is 1.13 bits per heavy atom. The fourth-order valence-corrected chi connectivity index (χ4v) is 5.43. The number of carbonyl (C=O) groups excluding carboxylic acids is 3. The zero-order valence-corrected chi connectivity index (χ0v) is 26.7. The SMILES string of the molecule is CCCCc1nc(C(O)C(C(=O)N[C@@H](Cc2c[nH]c3ccccc23)C(=O)OC)c2ccc3c(c2)OCO3)cn1C(=O)OC(C)(C)C. The van der Waals surface area contributed by atoms with E-state index in [9.17, 15) is 19.5 Å². The number of fused-ring (bicyclic) bond motifs is 2. The van der Waals surface area contributed by atoms with E-state index in [4.69, 9.17) is 18.9 Å². The van der Waals surface area contributed by atoms with Crippen molar-refractivity contribution in [3.05, 3.63) is 77.5 Å². The molecule has 0 saturated carbocycles. The van der Waals surface area contributed by atoms with E-state index in [0.29, 0.717) is 29.3 Å². The number of imidazole rings is 1. The number of aromatic nitrogens is 3. The number of esters is 1. The minimum Gasteiger partial charge on any atom is -0.467 e. The molecule has 0 bridgehead atoms. The molecule has 1 aliphatic heterocycles. The van der Waals surface area contributed by atoms with Crippen molar-refractivity contribution >= 4 is 28.9 Å². The van der Waals surface area contributed by atoms with Crippen molar-refractivity contribution in [2.45, 2.75) is 77.0 Å². The molecule has 244 valence electrons. The van der Waals surface area contributed by atoms with Crippen LogP contribution in [0.2, 0.25) is 0 Å². The first-order chi connectivity index (χ1) is 22.0. The number of rotatable bonds is 11. The number of unbranched alkanes of at least 4 members (excludes halogenated alkanes) is 1. The normalized spacial score (nSPS) is 14.5. The second kappa shape index (κ2) is 13.7. The quantitative estimate of drug-likeness (QED) is 0.195. The molecule has 12 heteroatoms. The average Bonchev–Trinajstić information content (AvgIpc) is 3.77. The molecule has 2 aromatic carbocycles. The van der Waals surface area contributed by atoms with E-state index in [1.807, 2.05) is 31.2 Å². The fraction of sp³-hybridized carbons (Fsp3) is 0.412. The number of aliphatic hydroxyl groups excluding tert-OH is 1. The van der Waals surface area contributed by atoms with Gasteiger partial charge in [0.1, 0.15) is 23.6 Å². The van der Waals surface area contributed by atoms with Crippen molar-refractivity contribution in [1.29, 1.82) is 0 Å². The number of aromatic amines is 1. The van der Waals surface area contributed by atoms with Crippen LogP contribution < -0.4 is 14.8 Å². The Morgan fingerprint density at radius 3 is 2.63 bits per heavy atom. The number of hydrogen-bond donors (Lipinski definition) is 3. The highest BCUT2D eigenvalue weighted by molar-refractivity contribution is 5.90. The molecule has 3 atom stereocenters. The minimum absolute atomic E-state index is 0.0221. The molecule has 12 nitrogen and oxygen atoms in total. The third kappa shape index (κ3) is 7.17. The lowest BCUT2D eigenvalue weighted by Crippen LogP contribution is -2.46. The van der Waals surface area contributed by atoms with Crippen LogP contribution in [-0.2, 0) is 31.9 Å². The second-order valence-corrected chi connectivity index (χ2v) is 12.2. The van der Waals surface area contributed by atoms with Gasteiger partial charge >= 0.3 is 12.1 Å². The Labute approximate surface area is 267 Å². The molecular weight excluding hydrogens is 592 g/mol. The highest BCUT2D eigenvalue weighted by atomic mass is 16.7. The van der Waals surface area contributed by atoms with E-state index in [1.165, 1.54) is 17.9 Å². The first-order valence-corrected chi connectivity index (χ1v) is 15.3. The number of para-hydroxylation sites is 1.